The van der Waals surface area contributed by atoms with E-state index in [-0.39, 0.29) is 5.82 Å². The van der Waals surface area contributed by atoms with E-state index in [1.165, 1.54) is 6.92 Å². The van der Waals surface area contributed by atoms with E-state index in [2.05, 4.69) is 10.3 Å². The third kappa shape index (κ3) is 2.03. The largest absolute Gasteiger partial charge is 0.478 e. The molecule has 0 spiro atoms. The topological polar surface area (TPSA) is 79.3 Å². The molecule has 14 heavy (non-hydrogen) atoms. The van der Waals surface area contributed by atoms with E-state index in [1.807, 2.05) is 0 Å². The van der Waals surface area contributed by atoms with E-state index >= 15 is 0 Å². The summed E-state index contributed by atoms with van der Waals surface area (Å²) in [6.45, 7) is 1.18. The van der Waals surface area contributed by atoms with E-state index in [1.54, 1.807) is 0 Å². The first-order valence-corrected chi connectivity index (χ1v) is 3.67. The van der Waals surface area contributed by atoms with Crippen molar-refractivity contribution in [1.82, 2.24) is 4.98 Å². The lowest BCUT2D eigenvalue weighted by Crippen LogP contribution is -2.12. The van der Waals surface area contributed by atoms with Gasteiger partial charge in [0.25, 0.3) is 0 Å². The molecule has 0 aromatic carbocycles. The molecular formula is C8H7FN2O3. The molecule has 0 atom stereocenters. The van der Waals surface area contributed by atoms with E-state index < -0.39 is 23.3 Å². The summed E-state index contributed by atoms with van der Waals surface area (Å²) >= 11 is 0. The number of rotatable bonds is 2. The molecule has 6 heteroatoms. The number of anilines is 1. The number of aromatic nitrogens is 1. The predicted octanol–water partition coefficient (Wildman–Crippen LogP) is 0.877. The summed E-state index contributed by atoms with van der Waals surface area (Å²) in [5.41, 5.74) is -0.524. The van der Waals surface area contributed by atoms with Gasteiger partial charge < -0.3 is 10.4 Å². The lowest BCUT2D eigenvalue weighted by Gasteiger charge is -2.03. The van der Waals surface area contributed by atoms with Crippen LogP contribution in [0.15, 0.2) is 12.3 Å². The van der Waals surface area contributed by atoms with Gasteiger partial charge in [-0.2, -0.15) is 0 Å². The van der Waals surface area contributed by atoms with Gasteiger partial charge in [-0.25, -0.2) is 14.2 Å². The Balaban J connectivity index is 3.13. The molecule has 74 valence electrons. The highest BCUT2D eigenvalue weighted by molar-refractivity contribution is 5.92. The molecule has 0 aliphatic heterocycles. The second-order valence-electron chi connectivity index (χ2n) is 2.51. The monoisotopic (exact) mass is 198 g/mol. The number of halogens is 1. The highest BCUT2D eigenvalue weighted by atomic mass is 19.1. The zero-order valence-electron chi connectivity index (χ0n) is 7.24. The number of hydrogen-bond donors (Lipinski definition) is 2. The number of amides is 1. The number of hydrogen-bond acceptors (Lipinski definition) is 3. The average molecular weight is 198 g/mol. The van der Waals surface area contributed by atoms with E-state index in [0.717, 1.165) is 12.3 Å². The van der Waals surface area contributed by atoms with E-state index in [9.17, 15) is 14.0 Å². The van der Waals surface area contributed by atoms with Crippen molar-refractivity contribution in [2.24, 2.45) is 0 Å². The van der Waals surface area contributed by atoms with Crippen molar-refractivity contribution >= 4 is 17.7 Å². The molecule has 1 rings (SSSR count). The predicted molar refractivity (Wildman–Crippen MR) is 45.5 cm³/mol. The Labute approximate surface area is 78.6 Å². The Bertz CT molecular complexity index is 392. The van der Waals surface area contributed by atoms with Crippen LogP contribution >= 0.6 is 0 Å². The number of nitrogens with one attached hydrogen (secondary N) is 1. The van der Waals surface area contributed by atoms with Gasteiger partial charge in [0.1, 0.15) is 5.56 Å². The van der Waals surface area contributed by atoms with Crippen LogP contribution in [0.2, 0.25) is 0 Å². The highest BCUT2D eigenvalue weighted by Gasteiger charge is 2.15. The summed E-state index contributed by atoms with van der Waals surface area (Å²) in [7, 11) is 0. The molecule has 0 radical (unpaired) electrons. The second-order valence-corrected chi connectivity index (χ2v) is 2.51. The highest BCUT2D eigenvalue weighted by Crippen LogP contribution is 2.14. The van der Waals surface area contributed by atoms with Crippen LogP contribution < -0.4 is 5.32 Å². The van der Waals surface area contributed by atoms with Crippen molar-refractivity contribution in [3.8, 4) is 0 Å². The fourth-order valence-corrected chi connectivity index (χ4v) is 0.863. The number of carbonyl (C=O) groups excluding carboxylic acids is 1. The van der Waals surface area contributed by atoms with Gasteiger partial charge in [-0.1, -0.05) is 0 Å². The van der Waals surface area contributed by atoms with E-state index in [0.29, 0.717) is 0 Å². The fraction of sp³-hybridized carbons (Fsp3) is 0.125. The minimum Gasteiger partial charge on any atom is -0.478 e. The SMILES string of the molecule is CC(=O)Nc1nccc(C(=O)O)c1F. The molecule has 5 nitrogen and oxygen atoms in total. The molecule has 1 aromatic rings. The summed E-state index contributed by atoms with van der Waals surface area (Å²) in [5, 5.41) is 10.6. The fourth-order valence-electron chi connectivity index (χ4n) is 0.863. The maximum atomic E-state index is 13.2. The van der Waals surface area contributed by atoms with Gasteiger partial charge in [-0.3, -0.25) is 4.79 Å². The molecule has 0 saturated carbocycles. The Morgan fingerprint density at radius 1 is 1.57 bits per heavy atom. The Hall–Kier alpha value is -1.98. The first kappa shape index (κ1) is 10.1. The normalized spacial score (nSPS) is 9.57. The summed E-state index contributed by atoms with van der Waals surface area (Å²) in [4.78, 5) is 24.6. The second kappa shape index (κ2) is 3.82. The molecule has 0 fully saturated rings. The van der Waals surface area contributed by atoms with Crippen LogP contribution in [-0.2, 0) is 4.79 Å². The zero-order chi connectivity index (χ0) is 10.7. The quantitative estimate of drug-likeness (QED) is 0.739. The minimum atomic E-state index is -1.41. The molecule has 1 heterocycles. The number of aromatic carboxylic acids is 1. The zero-order valence-corrected chi connectivity index (χ0v) is 7.24. The molecule has 0 aliphatic rings. The molecule has 1 aromatic heterocycles. The molecule has 1 amide bonds. The molecule has 0 aliphatic carbocycles. The number of carbonyl (C=O) groups is 2. The van der Waals surface area contributed by atoms with Crippen LogP contribution in [0.1, 0.15) is 17.3 Å². The lowest BCUT2D eigenvalue weighted by atomic mass is 10.2. The van der Waals surface area contributed by atoms with E-state index in [4.69, 9.17) is 5.11 Å². The van der Waals surface area contributed by atoms with Gasteiger partial charge in [0, 0.05) is 13.1 Å². The van der Waals surface area contributed by atoms with Crippen molar-refractivity contribution in [2.75, 3.05) is 5.32 Å². The standard InChI is InChI=1S/C8H7FN2O3/c1-4(12)11-7-6(9)5(8(13)14)2-3-10-7/h2-3H,1H3,(H,13,14)(H,10,11,12). The smallest absolute Gasteiger partial charge is 0.338 e. The minimum absolute atomic E-state index is 0.377. The Kier molecular flexibility index (Phi) is 2.76. The number of pyridine rings is 1. The van der Waals surface area contributed by atoms with Crippen molar-refractivity contribution in [3.63, 3.8) is 0 Å². The lowest BCUT2D eigenvalue weighted by molar-refractivity contribution is -0.114. The van der Waals surface area contributed by atoms with Crippen molar-refractivity contribution < 1.29 is 19.1 Å². The van der Waals surface area contributed by atoms with Gasteiger partial charge >= 0.3 is 5.97 Å². The molecule has 0 bridgehead atoms. The maximum absolute atomic E-state index is 13.2. The first-order chi connectivity index (χ1) is 6.52. The number of carboxylic acid groups (broad SMARTS) is 1. The van der Waals surface area contributed by atoms with Crippen molar-refractivity contribution in [1.29, 1.82) is 0 Å². The molecule has 0 saturated heterocycles. The van der Waals surface area contributed by atoms with Gasteiger partial charge in [0.15, 0.2) is 11.6 Å². The van der Waals surface area contributed by atoms with Crippen molar-refractivity contribution in [2.45, 2.75) is 6.92 Å². The van der Waals surface area contributed by atoms with Crippen LogP contribution in [-0.4, -0.2) is 22.0 Å². The molecule has 0 unspecified atom stereocenters. The summed E-state index contributed by atoms with van der Waals surface area (Å²) < 4.78 is 13.2. The summed E-state index contributed by atoms with van der Waals surface area (Å²) in [5.74, 6) is -3.34. The number of carboxylic acids is 1. The van der Waals surface area contributed by atoms with Gasteiger partial charge in [0.2, 0.25) is 5.91 Å². The summed E-state index contributed by atoms with van der Waals surface area (Å²) in [6.07, 6.45) is 1.11. The summed E-state index contributed by atoms with van der Waals surface area (Å²) in [6, 6.07) is 1.02. The molecule has 2 N–H and O–H groups in total. The third-order valence-electron chi connectivity index (χ3n) is 1.41. The van der Waals surface area contributed by atoms with Crippen LogP contribution in [0.3, 0.4) is 0 Å². The van der Waals surface area contributed by atoms with Crippen LogP contribution in [0.4, 0.5) is 10.2 Å². The maximum Gasteiger partial charge on any atom is 0.338 e. The van der Waals surface area contributed by atoms with Crippen LogP contribution in [0, 0.1) is 5.82 Å². The molecular weight excluding hydrogens is 191 g/mol. The third-order valence-corrected chi connectivity index (χ3v) is 1.41. The van der Waals surface area contributed by atoms with Crippen LogP contribution in [0.5, 0.6) is 0 Å². The Morgan fingerprint density at radius 3 is 2.71 bits per heavy atom. The van der Waals surface area contributed by atoms with Gasteiger partial charge in [-0.05, 0) is 6.07 Å². The van der Waals surface area contributed by atoms with Crippen LogP contribution in [0.25, 0.3) is 0 Å². The number of nitrogens with zero attached hydrogens (tertiary/aromatic N) is 1. The van der Waals surface area contributed by atoms with Gasteiger partial charge in [-0.15, -0.1) is 0 Å². The average Bonchev–Trinajstić information content (AvgIpc) is 2.07. The Morgan fingerprint density at radius 2 is 2.21 bits per heavy atom. The van der Waals surface area contributed by atoms with Crippen molar-refractivity contribution in [3.05, 3.63) is 23.6 Å². The first-order valence-electron chi connectivity index (χ1n) is 3.67. The van der Waals surface area contributed by atoms with Gasteiger partial charge in [0.05, 0.1) is 0 Å².